The van der Waals surface area contributed by atoms with Crippen LogP contribution in [0.25, 0.3) is 0 Å². The van der Waals surface area contributed by atoms with Crippen molar-refractivity contribution in [1.29, 1.82) is 0 Å². The largest absolute Gasteiger partial charge is 0.394 e. The second-order valence-electron chi connectivity index (χ2n) is 5.70. The maximum Gasteiger partial charge on any atom is 0.0850 e. The number of likely N-dealkylation sites (N-methyl/N-ethyl adjacent to an activating group) is 1. The Morgan fingerprint density at radius 2 is 2.25 bits per heavy atom. The standard InChI is InChI=1S/C14H24N4O2/c1-10-5-13(12(3)17-16-10)15-7-14(8-19)9-20-6-11(2)18(14)4/h5,11,19H,6-9H2,1-4H3,(H,15,16)/t11-,14+/m1/s1. The Hall–Kier alpha value is -1.24. The Morgan fingerprint density at radius 3 is 2.95 bits per heavy atom. The van der Waals surface area contributed by atoms with Gasteiger partial charge in [0.05, 0.1) is 42.4 Å². The van der Waals surface area contributed by atoms with Crippen LogP contribution >= 0.6 is 0 Å². The summed E-state index contributed by atoms with van der Waals surface area (Å²) in [5.41, 5.74) is 2.28. The lowest BCUT2D eigenvalue weighted by Crippen LogP contribution is -2.64. The number of rotatable bonds is 4. The van der Waals surface area contributed by atoms with Gasteiger partial charge in [0.25, 0.3) is 0 Å². The van der Waals surface area contributed by atoms with E-state index in [1.807, 2.05) is 27.0 Å². The van der Waals surface area contributed by atoms with Gasteiger partial charge in [-0.25, -0.2) is 0 Å². The zero-order chi connectivity index (χ0) is 14.8. The summed E-state index contributed by atoms with van der Waals surface area (Å²) in [7, 11) is 2.04. The first-order valence-electron chi connectivity index (χ1n) is 6.95. The van der Waals surface area contributed by atoms with Crippen molar-refractivity contribution in [3.8, 4) is 0 Å². The highest BCUT2D eigenvalue weighted by molar-refractivity contribution is 5.47. The topological polar surface area (TPSA) is 70.5 Å². The second-order valence-corrected chi connectivity index (χ2v) is 5.70. The number of morpholine rings is 1. The van der Waals surface area contributed by atoms with E-state index in [0.717, 1.165) is 17.1 Å². The van der Waals surface area contributed by atoms with Gasteiger partial charge in [-0.05, 0) is 33.9 Å². The molecule has 0 bridgehead atoms. The molecular weight excluding hydrogens is 256 g/mol. The number of aryl methyl sites for hydroxylation is 2. The summed E-state index contributed by atoms with van der Waals surface area (Å²) in [6.45, 7) is 7.82. The molecule has 1 aromatic heterocycles. The predicted octanol–water partition coefficient (Wildman–Crippen LogP) is 0.587. The number of ether oxygens (including phenoxy) is 1. The molecule has 1 saturated heterocycles. The van der Waals surface area contributed by atoms with Crippen molar-refractivity contribution < 1.29 is 9.84 Å². The Kier molecular flexibility index (Phi) is 4.57. The second kappa shape index (κ2) is 6.03. The van der Waals surface area contributed by atoms with Crippen LogP contribution in [0.15, 0.2) is 6.07 Å². The minimum Gasteiger partial charge on any atom is -0.394 e. The molecule has 0 unspecified atom stereocenters. The van der Waals surface area contributed by atoms with E-state index in [-0.39, 0.29) is 12.6 Å². The molecule has 2 N–H and O–H groups in total. The van der Waals surface area contributed by atoms with Crippen molar-refractivity contribution in [1.82, 2.24) is 15.1 Å². The summed E-state index contributed by atoms with van der Waals surface area (Å²) >= 11 is 0. The number of anilines is 1. The van der Waals surface area contributed by atoms with Crippen LogP contribution in [0, 0.1) is 13.8 Å². The fourth-order valence-electron chi connectivity index (χ4n) is 2.48. The molecule has 0 amide bonds. The van der Waals surface area contributed by atoms with Gasteiger partial charge in [-0.1, -0.05) is 0 Å². The first kappa shape index (κ1) is 15.2. The van der Waals surface area contributed by atoms with Crippen LogP contribution in [-0.2, 0) is 4.74 Å². The highest BCUT2D eigenvalue weighted by Crippen LogP contribution is 2.23. The molecular formula is C14H24N4O2. The maximum absolute atomic E-state index is 9.84. The summed E-state index contributed by atoms with van der Waals surface area (Å²) in [6.07, 6.45) is 0. The summed E-state index contributed by atoms with van der Waals surface area (Å²) < 4.78 is 5.63. The third-order valence-corrected chi connectivity index (χ3v) is 4.14. The summed E-state index contributed by atoms with van der Waals surface area (Å²) in [5, 5.41) is 21.4. The van der Waals surface area contributed by atoms with E-state index in [4.69, 9.17) is 4.74 Å². The molecule has 1 fully saturated rings. The molecule has 1 aromatic rings. The molecule has 0 aliphatic carbocycles. The average Bonchev–Trinajstić information content (AvgIpc) is 2.44. The van der Waals surface area contributed by atoms with Gasteiger partial charge in [-0.2, -0.15) is 10.2 Å². The van der Waals surface area contributed by atoms with E-state index in [1.54, 1.807) is 0 Å². The first-order chi connectivity index (χ1) is 9.48. The van der Waals surface area contributed by atoms with Crippen LogP contribution in [0.4, 0.5) is 5.69 Å². The van der Waals surface area contributed by atoms with Gasteiger partial charge in [0.1, 0.15) is 0 Å². The van der Waals surface area contributed by atoms with Gasteiger partial charge >= 0.3 is 0 Å². The lowest BCUT2D eigenvalue weighted by atomic mass is 9.96. The number of hydrogen-bond acceptors (Lipinski definition) is 6. The molecule has 2 heterocycles. The van der Waals surface area contributed by atoms with E-state index in [2.05, 4.69) is 27.3 Å². The molecule has 6 heteroatoms. The summed E-state index contributed by atoms with van der Waals surface area (Å²) in [4.78, 5) is 2.19. The van der Waals surface area contributed by atoms with Crippen molar-refractivity contribution in [2.75, 3.05) is 38.7 Å². The lowest BCUT2D eigenvalue weighted by Gasteiger charge is -2.47. The smallest absolute Gasteiger partial charge is 0.0850 e. The van der Waals surface area contributed by atoms with Gasteiger partial charge in [0.15, 0.2) is 0 Å². The van der Waals surface area contributed by atoms with Crippen LogP contribution in [0.5, 0.6) is 0 Å². The zero-order valence-corrected chi connectivity index (χ0v) is 12.7. The van der Waals surface area contributed by atoms with E-state index < -0.39 is 5.54 Å². The first-order valence-corrected chi connectivity index (χ1v) is 6.95. The van der Waals surface area contributed by atoms with Crippen LogP contribution < -0.4 is 5.32 Å². The van der Waals surface area contributed by atoms with Gasteiger partial charge < -0.3 is 15.2 Å². The third kappa shape index (κ3) is 2.92. The molecule has 1 aliphatic rings. The molecule has 0 radical (unpaired) electrons. The Morgan fingerprint density at radius 1 is 1.50 bits per heavy atom. The monoisotopic (exact) mass is 280 g/mol. The fraction of sp³-hybridized carbons (Fsp3) is 0.714. The molecule has 6 nitrogen and oxygen atoms in total. The zero-order valence-electron chi connectivity index (χ0n) is 12.7. The van der Waals surface area contributed by atoms with Gasteiger partial charge in [0.2, 0.25) is 0 Å². The lowest BCUT2D eigenvalue weighted by molar-refractivity contribution is -0.101. The fourth-order valence-corrected chi connectivity index (χ4v) is 2.48. The van der Waals surface area contributed by atoms with Crippen molar-refractivity contribution in [2.24, 2.45) is 0 Å². The Bertz CT molecular complexity index is 468. The van der Waals surface area contributed by atoms with Crippen LogP contribution in [0.2, 0.25) is 0 Å². The molecule has 0 aromatic carbocycles. The van der Waals surface area contributed by atoms with Crippen molar-refractivity contribution in [2.45, 2.75) is 32.4 Å². The number of nitrogens with zero attached hydrogens (tertiary/aromatic N) is 3. The predicted molar refractivity (Wildman–Crippen MR) is 77.9 cm³/mol. The minimum atomic E-state index is -0.402. The molecule has 1 aliphatic heterocycles. The number of aromatic nitrogens is 2. The highest BCUT2D eigenvalue weighted by atomic mass is 16.5. The molecule has 2 atom stereocenters. The highest BCUT2D eigenvalue weighted by Gasteiger charge is 2.40. The van der Waals surface area contributed by atoms with Crippen molar-refractivity contribution in [3.05, 3.63) is 17.5 Å². The average molecular weight is 280 g/mol. The van der Waals surface area contributed by atoms with Gasteiger partial charge in [0, 0.05) is 12.6 Å². The third-order valence-electron chi connectivity index (χ3n) is 4.14. The number of aliphatic hydroxyl groups excluding tert-OH is 1. The molecule has 0 spiro atoms. The quantitative estimate of drug-likeness (QED) is 0.841. The minimum absolute atomic E-state index is 0.0530. The van der Waals surface area contributed by atoms with Crippen molar-refractivity contribution in [3.63, 3.8) is 0 Å². The van der Waals surface area contributed by atoms with Crippen LogP contribution in [-0.4, -0.2) is 65.2 Å². The van der Waals surface area contributed by atoms with Crippen LogP contribution in [0.3, 0.4) is 0 Å². The Balaban J connectivity index is 2.12. The summed E-state index contributed by atoms with van der Waals surface area (Å²) in [6, 6.07) is 2.26. The molecule has 20 heavy (non-hydrogen) atoms. The normalized spacial score (nSPS) is 27.6. The van der Waals surface area contributed by atoms with E-state index in [9.17, 15) is 5.11 Å². The SMILES string of the molecule is Cc1cc(NC[C@]2(CO)COC[C@@H](C)N2C)c(C)nn1. The Labute approximate surface area is 120 Å². The van der Waals surface area contributed by atoms with E-state index in [0.29, 0.717) is 19.8 Å². The van der Waals surface area contributed by atoms with E-state index in [1.165, 1.54) is 0 Å². The maximum atomic E-state index is 9.84. The molecule has 2 rings (SSSR count). The summed E-state index contributed by atoms with van der Waals surface area (Å²) in [5.74, 6) is 0. The number of aliphatic hydroxyl groups is 1. The van der Waals surface area contributed by atoms with Crippen LogP contribution in [0.1, 0.15) is 18.3 Å². The molecule has 112 valence electrons. The number of hydrogen-bond donors (Lipinski definition) is 2. The molecule has 0 saturated carbocycles. The van der Waals surface area contributed by atoms with E-state index >= 15 is 0 Å². The van der Waals surface area contributed by atoms with Crippen molar-refractivity contribution >= 4 is 5.69 Å². The number of nitrogens with one attached hydrogen (secondary N) is 1. The van der Waals surface area contributed by atoms with Gasteiger partial charge in [-0.3, -0.25) is 4.90 Å². The van der Waals surface area contributed by atoms with Gasteiger partial charge in [-0.15, -0.1) is 0 Å².